The lowest BCUT2D eigenvalue weighted by atomic mass is 10.1. The first-order chi connectivity index (χ1) is 6.02. The first-order valence-corrected chi connectivity index (χ1v) is 5.84. The van der Waals surface area contributed by atoms with Crippen LogP contribution in [0.2, 0.25) is 0 Å². The molecule has 0 radical (unpaired) electrons. The quantitative estimate of drug-likeness (QED) is 0.489. The van der Waals surface area contributed by atoms with Gasteiger partial charge in [-0.15, -0.1) is 9.24 Å². The zero-order valence-corrected chi connectivity index (χ0v) is 10.5. The predicted octanol–water partition coefficient (Wildman–Crippen LogP) is 3.67. The van der Waals surface area contributed by atoms with Crippen molar-refractivity contribution < 1.29 is 0 Å². The van der Waals surface area contributed by atoms with Gasteiger partial charge in [0.15, 0.2) is 0 Å². The van der Waals surface area contributed by atoms with Crippen LogP contribution in [0, 0.1) is 0 Å². The Morgan fingerprint density at radius 3 is 2.46 bits per heavy atom. The van der Waals surface area contributed by atoms with E-state index in [0.29, 0.717) is 0 Å². The fourth-order valence-corrected chi connectivity index (χ4v) is 1.71. The second kappa shape index (κ2) is 6.43. The zero-order valence-electron chi connectivity index (χ0n) is 9.32. The number of nitrogens with one attached hydrogen (secondary N) is 1. The van der Waals surface area contributed by atoms with E-state index >= 15 is 0 Å². The van der Waals surface area contributed by atoms with Gasteiger partial charge in [-0.05, 0) is 19.8 Å². The summed E-state index contributed by atoms with van der Waals surface area (Å²) in [5, 5.41) is 3.57. The Balaban J connectivity index is 3.72. The lowest BCUT2D eigenvalue weighted by molar-refractivity contribution is 0.480. The normalized spacial score (nSPS) is 15.1. The molecule has 0 saturated carbocycles. The molecule has 0 saturated heterocycles. The van der Waals surface area contributed by atoms with Crippen molar-refractivity contribution in [3.8, 4) is 0 Å². The van der Waals surface area contributed by atoms with Crippen LogP contribution in [0.3, 0.4) is 0 Å². The molecule has 0 fully saturated rings. The third-order valence-corrected chi connectivity index (χ3v) is 2.62. The van der Waals surface area contributed by atoms with E-state index in [1.54, 1.807) is 0 Å². The minimum Gasteiger partial charge on any atom is -0.380 e. The molecule has 13 heavy (non-hydrogen) atoms. The zero-order chi connectivity index (χ0) is 10.3. The van der Waals surface area contributed by atoms with E-state index in [9.17, 15) is 0 Å². The molecular formula is C11H24NP. The molecule has 78 valence electrons. The van der Waals surface area contributed by atoms with Crippen molar-refractivity contribution in [1.29, 1.82) is 0 Å². The van der Waals surface area contributed by atoms with Gasteiger partial charge in [0.1, 0.15) is 0 Å². The summed E-state index contributed by atoms with van der Waals surface area (Å²) >= 11 is 0. The van der Waals surface area contributed by atoms with Gasteiger partial charge in [-0.3, -0.25) is 0 Å². The highest BCUT2D eigenvalue weighted by atomic mass is 31.0. The molecule has 1 N–H and O–H groups in total. The second-order valence-corrected chi connectivity index (χ2v) is 5.23. The van der Waals surface area contributed by atoms with Gasteiger partial charge < -0.3 is 5.32 Å². The van der Waals surface area contributed by atoms with Crippen molar-refractivity contribution in [2.24, 2.45) is 0 Å². The highest BCUT2D eigenvalue weighted by molar-refractivity contribution is 7.18. The standard InChI is InChI=1S/C11H24NP/c1-5-7-8-9-11(4,13)12-10(3)6-2/h12H,3,5-9,13H2,1-2,4H3. The van der Waals surface area contributed by atoms with Crippen molar-refractivity contribution in [2.75, 3.05) is 0 Å². The smallest absolute Gasteiger partial charge is 0.0480 e. The molecule has 0 bridgehead atoms. The van der Waals surface area contributed by atoms with Crippen LogP contribution in [-0.2, 0) is 0 Å². The van der Waals surface area contributed by atoms with Crippen LogP contribution in [0.15, 0.2) is 12.3 Å². The molecule has 0 heterocycles. The van der Waals surface area contributed by atoms with Gasteiger partial charge in [0.25, 0.3) is 0 Å². The van der Waals surface area contributed by atoms with Gasteiger partial charge >= 0.3 is 0 Å². The van der Waals surface area contributed by atoms with Crippen molar-refractivity contribution in [2.45, 2.75) is 58.2 Å². The molecule has 1 nitrogen and oxygen atoms in total. The largest absolute Gasteiger partial charge is 0.380 e. The van der Waals surface area contributed by atoms with Crippen molar-refractivity contribution >= 4 is 9.24 Å². The van der Waals surface area contributed by atoms with Crippen LogP contribution in [0.5, 0.6) is 0 Å². The Morgan fingerprint density at radius 1 is 1.38 bits per heavy atom. The Morgan fingerprint density at radius 2 is 2.00 bits per heavy atom. The monoisotopic (exact) mass is 201 g/mol. The maximum Gasteiger partial charge on any atom is 0.0480 e. The Hall–Kier alpha value is -0.0300. The first kappa shape index (κ1) is 13.0. The molecule has 2 unspecified atom stereocenters. The molecule has 0 aliphatic carbocycles. The van der Waals surface area contributed by atoms with Crippen molar-refractivity contribution in [3.05, 3.63) is 12.3 Å². The van der Waals surface area contributed by atoms with E-state index in [0.717, 1.165) is 12.1 Å². The van der Waals surface area contributed by atoms with Gasteiger partial charge in [-0.25, -0.2) is 0 Å². The van der Waals surface area contributed by atoms with Crippen LogP contribution < -0.4 is 5.32 Å². The van der Waals surface area contributed by atoms with Crippen LogP contribution in [0.25, 0.3) is 0 Å². The summed E-state index contributed by atoms with van der Waals surface area (Å²) in [6.07, 6.45) is 6.11. The molecule has 2 heteroatoms. The third kappa shape index (κ3) is 7.07. The summed E-state index contributed by atoms with van der Waals surface area (Å²) in [6, 6.07) is 0. The van der Waals surface area contributed by atoms with E-state index in [1.165, 1.54) is 25.7 Å². The number of rotatable bonds is 7. The summed E-state index contributed by atoms with van der Waals surface area (Å²) in [5.74, 6) is 0. The van der Waals surface area contributed by atoms with Gasteiger partial charge in [0, 0.05) is 11.0 Å². The molecule has 0 rings (SSSR count). The molecule has 0 aromatic heterocycles. The average Bonchev–Trinajstić information content (AvgIpc) is 2.03. The molecule has 0 aromatic rings. The van der Waals surface area contributed by atoms with E-state index in [1.807, 2.05) is 0 Å². The fourth-order valence-electron chi connectivity index (χ4n) is 1.30. The van der Waals surface area contributed by atoms with Crippen LogP contribution in [-0.4, -0.2) is 5.28 Å². The number of hydrogen-bond donors (Lipinski definition) is 1. The summed E-state index contributed by atoms with van der Waals surface area (Å²) in [5.41, 5.74) is 1.13. The SMILES string of the molecule is C=C(CC)NC(C)(P)CCCCC. The number of unbranched alkanes of at least 4 members (excludes halogenated alkanes) is 2. The Labute approximate surface area is 85.6 Å². The van der Waals surface area contributed by atoms with E-state index in [-0.39, 0.29) is 5.28 Å². The fraction of sp³-hybridized carbons (Fsp3) is 0.818. The number of hydrogen-bond acceptors (Lipinski definition) is 1. The Kier molecular flexibility index (Phi) is 6.41. The maximum atomic E-state index is 3.96. The van der Waals surface area contributed by atoms with Gasteiger partial charge in [0.05, 0.1) is 0 Å². The van der Waals surface area contributed by atoms with Crippen LogP contribution >= 0.6 is 9.24 Å². The van der Waals surface area contributed by atoms with Gasteiger partial charge in [-0.1, -0.05) is 39.7 Å². The minimum atomic E-state index is 0.141. The molecule has 0 aromatic carbocycles. The minimum absolute atomic E-state index is 0.141. The molecule has 0 aliphatic rings. The predicted molar refractivity (Wildman–Crippen MR) is 64.8 cm³/mol. The van der Waals surface area contributed by atoms with E-state index in [2.05, 4.69) is 41.9 Å². The molecule has 2 atom stereocenters. The van der Waals surface area contributed by atoms with E-state index < -0.39 is 0 Å². The second-order valence-electron chi connectivity index (χ2n) is 3.96. The van der Waals surface area contributed by atoms with Crippen molar-refractivity contribution in [3.63, 3.8) is 0 Å². The lowest BCUT2D eigenvalue weighted by Gasteiger charge is -2.28. The van der Waals surface area contributed by atoms with Gasteiger partial charge in [-0.2, -0.15) is 0 Å². The Bertz CT molecular complexity index is 152. The van der Waals surface area contributed by atoms with Crippen LogP contribution in [0.1, 0.15) is 52.9 Å². The molecule has 0 aliphatic heterocycles. The summed E-state index contributed by atoms with van der Waals surface area (Å²) in [7, 11) is 2.89. The number of allylic oxidation sites excluding steroid dienone is 1. The average molecular weight is 201 g/mol. The van der Waals surface area contributed by atoms with Crippen LogP contribution in [0.4, 0.5) is 0 Å². The van der Waals surface area contributed by atoms with Gasteiger partial charge in [0.2, 0.25) is 0 Å². The first-order valence-electron chi connectivity index (χ1n) is 5.26. The summed E-state index contributed by atoms with van der Waals surface area (Å²) < 4.78 is 0. The highest BCUT2D eigenvalue weighted by Gasteiger charge is 2.16. The summed E-state index contributed by atoms with van der Waals surface area (Å²) in [4.78, 5) is 0. The van der Waals surface area contributed by atoms with E-state index in [4.69, 9.17) is 0 Å². The maximum absolute atomic E-state index is 3.96. The highest BCUT2D eigenvalue weighted by Crippen LogP contribution is 2.23. The topological polar surface area (TPSA) is 12.0 Å². The lowest BCUT2D eigenvalue weighted by Crippen LogP contribution is -2.34. The van der Waals surface area contributed by atoms with Crippen molar-refractivity contribution in [1.82, 2.24) is 5.32 Å². The molecular weight excluding hydrogens is 177 g/mol. The molecule has 0 spiro atoms. The summed E-state index contributed by atoms with van der Waals surface area (Å²) in [6.45, 7) is 10.5. The molecule has 0 amide bonds. The third-order valence-electron chi connectivity index (χ3n) is 2.19.